The average molecular weight is 1120 g/mol. The van der Waals surface area contributed by atoms with E-state index in [0.717, 1.165) is 22.5 Å². The second-order valence-corrected chi connectivity index (χ2v) is 21.0. The van der Waals surface area contributed by atoms with E-state index in [4.69, 9.17) is 90.7 Å². The maximum atomic E-state index is 12.5. The fourth-order valence-corrected chi connectivity index (χ4v) is 7.93. The molecular formula is C48H49B10Cl3N6O8S2. The second kappa shape index (κ2) is 31.8. The van der Waals surface area contributed by atoms with Crippen molar-refractivity contribution in [2.75, 3.05) is 37.0 Å². The molecule has 0 aliphatic heterocycles. The van der Waals surface area contributed by atoms with Crippen LogP contribution in [0.4, 0.5) is 10.3 Å². The van der Waals surface area contributed by atoms with Gasteiger partial charge in [-0.1, -0.05) is 108 Å². The van der Waals surface area contributed by atoms with Crippen molar-refractivity contribution >= 4 is 176 Å². The zero-order chi connectivity index (χ0) is 57.6. The summed E-state index contributed by atoms with van der Waals surface area (Å²) in [6.45, 7) is 10.0. The molecule has 6 aromatic rings. The highest BCUT2D eigenvalue weighted by Gasteiger charge is 2.26. The number of carbonyl (C=O) groups excluding carboxylic acids is 3. The molecule has 2 aromatic heterocycles. The standard InChI is InChI=1S/C24H24ClN3O4S.C18H14ClN3O2S.C6H11ClO2.B10/c1-24(2,3)22(30)32-15-31-21(29)17-10-6-5-9-16(17)13-26-28(4)23-27-20(14-33-23)18-11-7-8-12-19(18)25;1-22(20-10-12-6-2-3-7-13(12)17(23)24)18-21-16(11-25-18)14-8-4-5-9-15(14)19;1-6(2,3)5(8)9-4-7;1-7(2)10(8(3)4)9(5)6/h5-14H,15H2,1-4H3;2-11H,1H3,(H,23,24);4H2,1-3H3;/b26-13+;20-10+;;. The molecule has 382 valence electrons. The summed E-state index contributed by atoms with van der Waals surface area (Å²) in [5, 5.41) is 27.5. The fraction of sp³-hybridized carbons (Fsp3) is 0.250. The molecule has 77 heavy (non-hydrogen) atoms. The number of nitrogens with zero attached hydrogens (tertiary/aromatic N) is 6. The lowest BCUT2D eigenvalue weighted by Crippen LogP contribution is -2.62. The lowest BCUT2D eigenvalue weighted by Gasteiger charge is -2.23. The molecule has 0 bridgehead atoms. The molecular weight excluding hydrogens is 1070 g/mol. The molecule has 0 aliphatic rings. The van der Waals surface area contributed by atoms with E-state index in [1.165, 1.54) is 28.9 Å². The van der Waals surface area contributed by atoms with Gasteiger partial charge in [0, 0.05) is 129 Å². The molecule has 0 unspecified atom stereocenters. The number of thiazole rings is 2. The molecule has 12 radical (unpaired) electrons. The summed E-state index contributed by atoms with van der Waals surface area (Å²) < 4.78 is 14.6. The van der Waals surface area contributed by atoms with Crippen LogP contribution in [-0.2, 0) is 23.8 Å². The van der Waals surface area contributed by atoms with Crippen LogP contribution in [0.2, 0.25) is 10.0 Å². The number of esters is 3. The molecule has 0 saturated heterocycles. The van der Waals surface area contributed by atoms with Crippen LogP contribution in [0.1, 0.15) is 73.4 Å². The monoisotopic (exact) mass is 1120 g/mol. The number of ether oxygens (including phenoxy) is 3. The summed E-state index contributed by atoms with van der Waals surface area (Å²) in [6, 6.07) is 28.5. The predicted octanol–water partition coefficient (Wildman–Crippen LogP) is 8.23. The van der Waals surface area contributed by atoms with Crippen molar-refractivity contribution in [2.24, 2.45) is 21.0 Å². The zero-order valence-corrected chi connectivity index (χ0v) is 47.6. The Balaban J connectivity index is 0.000000309. The number of carbonyl (C=O) groups is 4. The molecule has 2 heterocycles. The number of carboxylic acids is 1. The van der Waals surface area contributed by atoms with E-state index in [1.807, 2.05) is 59.3 Å². The molecule has 0 fully saturated rings. The Morgan fingerprint density at radius 2 is 0.987 bits per heavy atom. The van der Waals surface area contributed by atoms with Crippen molar-refractivity contribution in [1.82, 2.24) is 9.97 Å². The van der Waals surface area contributed by atoms with Gasteiger partial charge in [-0.15, -0.1) is 22.7 Å². The first-order chi connectivity index (χ1) is 36.2. The third kappa shape index (κ3) is 21.7. The number of alkyl halides is 1. The Hall–Kier alpha value is -5.52. The van der Waals surface area contributed by atoms with Crippen molar-refractivity contribution in [3.8, 4) is 22.5 Å². The van der Waals surface area contributed by atoms with Gasteiger partial charge in [0.2, 0.25) is 17.1 Å². The summed E-state index contributed by atoms with van der Waals surface area (Å²) in [7, 11) is 35.3. The number of hydrogen-bond donors (Lipinski definition) is 1. The van der Waals surface area contributed by atoms with E-state index in [0.29, 0.717) is 37.0 Å². The van der Waals surface area contributed by atoms with Crippen molar-refractivity contribution in [3.63, 3.8) is 0 Å². The highest BCUT2D eigenvalue weighted by molar-refractivity contribution is 8.00. The number of halogens is 3. The maximum Gasteiger partial charge on any atom is 0.341 e. The number of aromatic nitrogens is 2. The first-order valence-electron chi connectivity index (χ1n) is 23.2. The second-order valence-electron chi connectivity index (χ2n) is 18.3. The van der Waals surface area contributed by atoms with E-state index < -0.39 is 61.1 Å². The summed E-state index contributed by atoms with van der Waals surface area (Å²) >= 11 is 20.5. The fourth-order valence-electron chi connectivity index (χ4n) is 5.87. The van der Waals surface area contributed by atoms with Crippen molar-refractivity contribution < 1.29 is 38.5 Å². The quantitative estimate of drug-likeness (QED) is 0.0246. The summed E-state index contributed by atoms with van der Waals surface area (Å²) in [6.07, 6.45) is 0.619. The van der Waals surface area contributed by atoms with Crippen LogP contribution in [0.25, 0.3) is 22.5 Å². The Morgan fingerprint density at radius 1 is 0.610 bits per heavy atom. The number of hydrazone groups is 2. The van der Waals surface area contributed by atoms with Crippen LogP contribution in [0, 0.1) is 10.8 Å². The van der Waals surface area contributed by atoms with Crippen LogP contribution in [0.15, 0.2) is 118 Å². The van der Waals surface area contributed by atoms with Crippen LogP contribution >= 0.6 is 57.5 Å². The highest BCUT2D eigenvalue weighted by Crippen LogP contribution is 2.33. The first-order valence-corrected chi connectivity index (χ1v) is 26.2. The predicted molar refractivity (Wildman–Crippen MR) is 327 cm³/mol. The minimum Gasteiger partial charge on any atom is -0.478 e. The normalized spacial score (nSPS) is 10.8. The Morgan fingerprint density at radius 3 is 1.35 bits per heavy atom. The van der Waals surface area contributed by atoms with E-state index in [-0.39, 0.29) is 17.6 Å². The molecule has 0 saturated carbocycles. The number of aromatic carboxylic acids is 1. The van der Waals surface area contributed by atoms with E-state index >= 15 is 0 Å². The molecule has 0 atom stereocenters. The van der Waals surface area contributed by atoms with Crippen LogP contribution in [0.5, 0.6) is 0 Å². The number of benzene rings is 4. The van der Waals surface area contributed by atoms with Crippen LogP contribution in [0.3, 0.4) is 0 Å². The molecule has 0 spiro atoms. The van der Waals surface area contributed by atoms with Gasteiger partial charge in [0.05, 0.1) is 45.8 Å². The molecule has 14 nitrogen and oxygen atoms in total. The van der Waals surface area contributed by atoms with Gasteiger partial charge in [0.25, 0.3) is 0 Å². The van der Waals surface area contributed by atoms with E-state index in [2.05, 4.69) is 24.9 Å². The van der Waals surface area contributed by atoms with Crippen LogP contribution in [-0.4, -0.2) is 150 Å². The van der Waals surface area contributed by atoms with Gasteiger partial charge in [-0.2, -0.15) is 10.2 Å². The zero-order valence-electron chi connectivity index (χ0n) is 43.7. The van der Waals surface area contributed by atoms with E-state index in [1.54, 1.807) is 120 Å². The molecule has 29 heteroatoms. The van der Waals surface area contributed by atoms with Gasteiger partial charge in [-0.3, -0.25) is 9.59 Å². The van der Waals surface area contributed by atoms with Crippen molar-refractivity contribution in [1.29, 1.82) is 0 Å². The smallest absolute Gasteiger partial charge is 0.341 e. The van der Waals surface area contributed by atoms with Gasteiger partial charge < -0.3 is 19.3 Å². The van der Waals surface area contributed by atoms with Gasteiger partial charge in [0.1, 0.15) is 0 Å². The SMILES string of the molecule is CC(C)(C)C(=O)OCCl.CN(/N=C/c1ccccc1C(=O)O)c1nc(-c2ccccc2Cl)cs1.CN(/N=C/c1ccccc1C(=O)OCOC(=O)C(C)(C)C)c1nc(-c2ccccc2Cl)cs1.[B]B([B])B(B([B])[B])B([B])[B]. The Labute approximate surface area is 483 Å². The highest BCUT2D eigenvalue weighted by atomic mass is 35.5. The third-order valence-corrected chi connectivity index (χ3v) is 12.7. The topological polar surface area (TPSA) is 173 Å². The number of rotatable bonds is 16. The van der Waals surface area contributed by atoms with Gasteiger partial charge >= 0.3 is 23.9 Å². The van der Waals surface area contributed by atoms with Crippen LogP contribution < -0.4 is 10.0 Å². The molecule has 0 amide bonds. The molecule has 4 aromatic carbocycles. The molecule has 0 aliphatic carbocycles. The number of hydrogen-bond acceptors (Lipinski definition) is 15. The summed E-state index contributed by atoms with van der Waals surface area (Å²) in [4.78, 5) is 55.4. The van der Waals surface area contributed by atoms with Gasteiger partial charge in [-0.05, 0) is 65.8 Å². The van der Waals surface area contributed by atoms with E-state index in [9.17, 15) is 24.3 Å². The van der Waals surface area contributed by atoms with Gasteiger partial charge in [-0.25, -0.2) is 29.6 Å². The van der Waals surface area contributed by atoms with Crippen molar-refractivity contribution in [2.45, 2.75) is 41.5 Å². The molecule has 1 N–H and O–H groups in total. The Bertz CT molecular complexity index is 2930. The minimum atomic E-state index is -0.986. The summed E-state index contributed by atoms with van der Waals surface area (Å²) in [5.41, 5.74) is 3.73. The minimum absolute atomic E-state index is 0.0594. The number of anilines is 2. The number of carboxylic acid groups (broad SMARTS) is 1. The lowest BCUT2D eigenvalue weighted by atomic mass is 8.58. The third-order valence-electron chi connectivity index (χ3n) is 10.1. The largest absolute Gasteiger partial charge is 0.478 e. The average Bonchev–Trinajstić information content (AvgIpc) is 4.07. The first kappa shape index (κ1) is 65.8. The summed E-state index contributed by atoms with van der Waals surface area (Å²) in [5.74, 6) is -2.32. The van der Waals surface area contributed by atoms with Gasteiger partial charge in [0.15, 0.2) is 6.07 Å². The maximum absolute atomic E-state index is 12.5. The molecule has 6 rings (SSSR count). The Kier molecular flexibility index (Phi) is 27.1. The van der Waals surface area contributed by atoms with Crippen molar-refractivity contribution in [3.05, 3.63) is 140 Å². The lowest BCUT2D eigenvalue weighted by molar-refractivity contribution is -0.161.